The van der Waals surface area contributed by atoms with Crippen molar-refractivity contribution in [2.45, 2.75) is 6.92 Å². The second-order valence-electron chi connectivity index (χ2n) is 4.88. The summed E-state index contributed by atoms with van der Waals surface area (Å²) < 4.78 is 13.1. The predicted octanol–water partition coefficient (Wildman–Crippen LogP) is 4.32. The second-order valence-corrected chi connectivity index (χ2v) is 6.12. The number of amides is 1. The molecule has 116 valence electrons. The third-order valence-electron chi connectivity index (χ3n) is 3.29. The topological polar surface area (TPSA) is 32.7 Å². The van der Waals surface area contributed by atoms with E-state index in [0.29, 0.717) is 16.6 Å². The van der Waals surface area contributed by atoms with E-state index in [1.165, 1.54) is 28.8 Å². The zero-order valence-corrected chi connectivity index (χ0v) is 13.4. The summed E-state index contributed by atoms with van der Waals surface area (Å²) in [5.41, 5.74) is 1.92. The lowest BCUT2D eigenvalue weighted by molar-refractivity contribution is -0.113. The average Bonchev–Trinajstić information content (AvgIpc) is 2.86. The maximum Gasteiger partial charge on any atom is 0.283 e. The van der Waals surface area contributed by atoms with E-state index in [9.17, 15) is 9.18 Å². The molecule has 5 heteroatoms. The van der Waals surface area contributed by atoms with Gasteiger partial charge in [-0.1, -0.05) is 49.0 Å². The molecule has 1 amide bonds. The van der Waals surface area contributed by atoms with Crippen molar-refractivity contribution in [2.24, 2.45) is 4.99 Å². The zero-order valence-electron chi connectivity index (χ0n) is 12.6. The van der Waals surface area contributed by atoms with Crippen LogP contribution in [-0.4, -0.2) is 16.8 Å². The summed E-state index contributed by atoms with van der Waals surface area (Å²) in [6.45, 7) is 2.00. The number of halogens is 1. The largest absolute Gasteiger partial charge is 0.283 e. The van der Waals surface area contributed by atoms with Gasteiger partial charge in [-0.25, -0.2) is 9.38 Å². The predicted molar refractivity (Wildman–Crippen MR) is 93.9 cm³/mol. The van der Waals surface area contributed by atoms with Crippen molar-refractivity contribution in [3.63, 3.8) is 0 Å². The third-order valence-corrected chi connectivity index (χ3v) is 4.11. The number of nitrogens with zero attached hydrogens (tertiary/aromatic N) is 2. The summed E-state index contributed by atoms with van der Waals surface area (Å²) in [5, 5.41) is 0.617. The molecule has 1 aliphatic heterocycles. The van der Waals surface area contributed by atoms with E-state index >= 15 is 0 Å². The molecule has 0 bridgehead atoms. The van der Waals surface area contributed by atoms with Gasteiger partial charge >= 0.3 is 0 Å². The molecule has 0 aliphatic carbocycles. The number of carbonyl (C=O) groups is 1. The Bertz CT molecular complexity index is 769. The van der Waals surface area contributed by atoms with Gasteiger partial charge in [-0.3, -0.25) is 9.69 Å². The van der Waals surface area contributed by atoms with Crippen LogP contribution in [0.2, 0.25) is 0 Å². The molecule has 0 saturated carbocycles. The van der Waals surface area contributed by atoms with Gasteiger partial charge in [-0.15, -0.1) is 0 Å². The van der Waals surface area contributed by atoms with Crippen molar-refractivity contribution >= 4 is 34.6 Å². The second kappa shape index (κ2) is 6.79. The van der Waals surface area contributed by atoms with Crippen LogP contribution in [0.15, 0.2) is 65.3 Å². The number of hydrogen-bond acceptors (Lipinski definition) is 3. The Morgan fingerprint density at radius 2 is 1.83 bits per heavy atom. The first kappa shape index (κ1) is 15.5. The first-order chi connectivity index (χ1) is 11.2. The minimum atomic E-state index is -0.331. The minimum absolute atomic E-state index is 0.198. The molecule has 1 aliphatic rings. The van der Waals surface area contributed by atoms with Crippen molar-refractivity contribution in [3.05, 3.63) is 71.7 Å². The summed E-state index contributed by atoms with van der Waals surface area (Å²) in [5.74, 6) is 0.265. The van der Waals surface area contributed by atoms with Crippen LogP contribution in [0.3, 0.4) is 0 Å². The number of benzene rings is 2. The van der Waals surface area contributed by atoms with E-state index < -0.39 is 0 Å². The molecule has 1 heterocycles. The Morgan fingerprint density at radius 1 is 1.13 bits per heavy atom. The van der Waals surface area contributed by atoms with Gasteiger partial charge in [-0.05, 0) is 41.7 Å². The molecule has 2 aromatic carbocycles. The molecule has 0 radical (unpaired) electrons. The molecule has 3 nitrogen and oxygen atoms in total. The van der Waals surface area contributed by atoms with Gasteiger partial charge in [0.05, 0.1) is 5.69 Å². The summed E-state index contributed by atoms with van der Waals surface area (Å²) >= 11 is 1.48. The Labute approximate surface area is 138 Å². The molecule has 3 rings (SSSR count). The van der Waals surface area contributed by atoms with Gasteiger partial charge in [0, 0.05) is 0 Å². The molecule has 0 atom stereocenters. The highest BCUT2D eigenvalue weighted by Crippen LogP contribution is 2.29. The van der Waals surface area contributed by atoms with Crippen LogP contribution < -0.4 is 4.90 Å². The fourth-order valence-corrected chi connectivity index (χ4v) is 2.99. The van der Waals surface area contributed by atoms with E-state index in [1.54, 1.807) is 18.2 Å². The van der Waals surface area contributed by atoms with E-state index in [2.05, 4.69) is 4.99 Å². The molecule has 23 heavy (non-hydrogen) atoms. The summed E-state index contributed by atoms with van der Waals surface area (Å²) in [7, 11) is 0. The molecular formula is C18H15FN2OS. The van der Waals surface area contributed by atoms with Gasteiger partial charge in [0.2, 0.25) is 0 Å². The van der Waals surface area contributed by atoms with Gasteiger partial charge in [0.25, 0.3) is 5.91 Å². The van der Waals surface area contributed by atoms with Gasteiger partial charge < -0.3 is 0 Å². The molecular weight excluding hydrogens is 311 g/mol. The molecule has 0 N–H and O–H groups in total. The molecule has 0 aromatic heterocycles. The molecule has 0 spiro atoms. The first-order valence-corrected chi connectivity index (χ1v) is 8.26. The van der Waals surface area contributed by atoms with Gasteiger partial charge in [0.15, 0.2) is 5.17 Å². The fourth-order valence-electron chi connectivity index (χ4n) is 2.25. The lowest BCUT2D eigenvalue weighted by Gasteiger charge is -2.17. The van der Waals surface area contributed by atoms with Crippen molar-refractivity contribution in [3.8, 4) is 0 Å². The lowest BCUT2D eigenvalue weighted by Crippen LogP contribution is -2.30. The molecule has 2 aromatic rings. The lowest BCUT2D eigenvalue weighted by atomic mass is 10.2. The van der Waals surface area contributed by atoms with Crippen molar-refractivity contribution in [1.29, 1.82) is 0 Å². The first-order valence-electron chi connectivity index (χ1n) is 7.27. The van der Waals surface area contributed by atoms with Crippen LogP contribution in [-0.2, 0) is 4.79 Å². The van der Waals surface area contributed by atoms with Crippen LogP contribution in [0.5, 0.6) is 0 Å². The monoisotopic (exact) mass is 326 g/mol. The van der Waals surface area contributed by atoms with Crippen molar-refractivity contribution in [2.75, 3.05) is 10.7 Å². The van der Waals surface area contributed by atoms with Crippen LogP contribution >= 0.6 is 11.8 Å². The van der Waals surface area contributed by atoms with Crippen LogP contribution in [0.25, 0.3) is 6.08 Å². The molecule has 0 unspecified atom stereocenters. The highest BCUT2D eigenvalue weighted by Gasteiger charge is 2.31. The Balaban J connectivity index is 1.98. The number of anilines is 1. The molecule has 0 saturated heterocycles. The average molecular weight is 326 g/mol. The highest BCUT2D eigenvalue weighted by atomic mass is 32.2. The number of carbonyl (C=O) groups excluding carboxylic acids is 1. The Morgan fingerprint density at radius 3 is 2.48 bits per heavy atom. The SMILES string of the molecule is CCSC1=N/C(=C\c2ccccc2)C(=O)N1c1ccc(F)cc1. The van der Waals surface area contributed by atoms with Crippen LogP contribution in [0.1, 0.15) is 12.5 Å². The van der Waals surface area contributed by atoms with E-state index in [-0.39, 0.29) is 11.7 Å². The summed E-state index contributed by atoms with van der Waals surface area (Å²) in [4.78, 5) is 18.7. The van der Waals surface area contributed by atoms with Gasteiger partial charge in [0.1, 0.15) is 11.5 Å². The number of amidine groups is 1. The number of rotatable bonds is 3. The number of thioether (sulfide) groups is 1. The molecule has 0 fully saturated rings. The maximum absolute atomic E-state index is 13.1. The van der Waals surface area contributed by atoms with E-state index in [4.69, 9.17) is 0 Å². The maximum atomic E-state index is 13.1. The smallest absolute Gasteiger partial charge is 0.266 e. The Hall–Kier alpha value is -2.40. The Kier molecular flexibility index (Phi) is 4.57. The normalized spacial score (nSPS) is 16.1. The van der Waals surface area contributed by atoms with Crippen molar-refractivity contribution < 1.29 is 9.18 Å². The minimum Gasteiger partial charge on any atom is -0.266 e. The number of aliphatic imine (C=N–C) groups is 1. The van der Waals surface area contributed by atoms with E-state index in [1.807, 2.05) is 37.3 Å². The highest BCUT2D eigenvalue weighted by molar-refractivity contribution is 8.14. The fraction of sp³-hybridized carbons (Fsp3) is 0.111. The summed E-state index contributed by atoms with van der Waals surface area (Å²) in [6.07, 6.45) is 1.77. The third kappa shape index (κ3) is 3.35. The van der Waals surface area contributed by atoms with Crippen LogP contribution in [0.4, 0.5) is 10.1 Å². The zero-order chi connectivity index (χ0) is 16.2. The quantitative estimate of drug-likeness (QED) is 0.787. The summed E-state index contributed by atoms with van der Waals surface area (Å²) in [6, 6.07) is 15.4. The number of hydrogen-bond donors (Lipinski definition) is 0. The van der Waals surface area contributed by atoms with Crippen molar-refractivity contribution in [1.82, 2.24) is 0 Å². The van der Waals surface area contributed by atoms with E-state index in [0.717, 1.165) is 11.3 Å². The standard InChI is InChI=1S/C18H15FN2OS/c1-2-23-18-20-16(12-13-6-4-3-5-7-13)17(22)21(18)15-10-8-14(19)9-11-15/h3-12H,2H2,1H3/b16-12-. The van der Waals surface area contributed by atoms with Gasteiger partial charge in [-0.2, -0.15) is 0 Å². The van der Waals surface area contributed by atoms with Crippen LogP contribution in [0, 0.1) is 5.82 Å².